The minimum Gasteiger partial charge on any atom is -0.317 e. The van der Waals surface area contributed by atoms with E-state index in [9.17, 15) is 19.2 Å². The normalized spacial score (nSPS) is 12.8. The third-order valence-electron chi connectivity index (χ3n) is 3.53. The van der Waals surface area contributed by atoms with Crippen LogP contribution in [-0.4, -0.2) is 31.3 Å². The average molecular weight is 267 g/mol. The zero-order chi connectivity index (χ0) is 14.4. The molecular formula is C15H9NO4. The summed E-state index contributed by atoms with van der Waals surface area (Å²) in [6.07, 6.45) is 1.26. The summed E-state index contributed by atoms with van der Waals surface area (Å²) in [5.41, 5.74) is 1.40. The van der Waals surface area contributed by atoms with Crippen molar-refractivity contribution in [1.29, 1.82) is 0 Å². The van der Waals surface area contributed by atoms with E-state index < -0.39 is 11.6 Å². The van der Waals surface area contributed by atoms with Gasteiger partial charge < -0.3 is 4.90 Å². The molecule has 2 aromatic carbocycles. The monoisotopic (exact) mass is 267 g/mol. The zero-order valence-electron chi connectivity index (χ0n) is 10.5. The summed E-state index contributed by atoms with van der Waals surface area (Å²) >= 11 is 0. The van der Waals surface area contributed by atoms with Gasteiger partial charge in [0.1, 0.15) is 0 Å². The van der Waals surface area contributed by atoms with Crippen molar-refractivity contribution in [2.45, 2.75) is 0 Å². The first-order valence-corrected chi connectivity index (χ1v) is 5.92. The van der Waals surface area contributed by atoms with Gasteiger partial charge in [0, 0.05) is 34.5 Å². The van der Waals surface area contributed by atoms with E-state index in [1.54, 1.807) is 13.1 Å². The van der Waals surface area contributed by atoms with E-state index in [1.807, 2.05) is 0 Å². The molecule has 3 rings (SSSR count). The van der Waals surface area contributed by atoms with E-state index in [4.69, 9.17) is 0 Å². The third kappa shape index (κ3) is 1.37. The highest BCUT2D eigenvalue weighted by Crippen LogP contribution is 2.37. The van der Waals surface area contributed by atoms with Gasteiger partial charge in [0.2, 0.25) is 18.0 Å². The highest BCUT2D eigenvalue weighted by Gasteiger charge is 2.32. The number of nitrogens with zero attached hydrogens (tertiary/aromatic N) is 1. The number of carbonyl (C=O) groups excluding carboxylic acids is 4. The second-order valence-electron chi connectivity index (χ2n) is 4.58. The fourth-order valence-electron chi connectivity index (χ4n) is 2.58. The average Bonchev–Trinajstić information content (AvgIpc) is 2.73. The summed E-state index contributed by atoms with van der Waals surface area (Å²) in [7, 11) is 1.55. The number of aldehydes is 1. The molecular weight excluding hydrogens is 258 g/mol. The Morgan fingerprint density at radius 2 is 1.50 bits per heavy atom. The van der Waals surface area contributed by atoms with Crippen LogP contribution in [0.25, 0.3) is 10.8 Å². The molecule has 2 aromatic rings. The van der Waals surface area contributed by atoms with Gasteiger partial charge in [-0.05, 0) is 18.2 Å². The lowest BCUT2D eigenvalue weighted by Crippen LogP contribution is -2.14. The van der Waals surface area contributed by atoms with Crippen LogP contribution in [0.3, 0.4) is 0 Å². The lowest BCUT2D eigenvalue weighted by Gasteiger charge is -2.15. The number of amides is 1. The smallest absolute Gasteiger partial charge is 0.234 e. The Kier molecular flexibility index (Phi) is 2.50. The minimum atomic E-state index is -0.576. The highest BCUT2D eigenvalue weighted by atomic mass is 16.2. The predicted molar refractivity (Wildman–Crippen MR) is 72.5 cm³/mol. The molecule has 0 fully saturated rings. The summed E-state index contributed by atoms with van der Waals surface area (Å²) in [6, 6.07) is 6.06. The van der Waals surface area contributed by atoms with Gasteiger partial charge in [-0.25, -0.2) is 0 Å². The first-order chi connectivity index (χ1) is 9.60. The lowest BCUT2D eigenvalue weighted by atomic mass is 9.98. The zero-order valence-corrected chi connectivity index (χ0v) is 10.5. The van der Waals surface area contributed by atoms with Crippen LogP contribution in [0.2, 0.25) is 0 Å². The van der Waals surface area contributed by atoms with Crippen LogP contribution in [-0.2, 0) is 4.79 Å². The maximum absolute atomic E-state index is 11.9. The molecule has 5 heteroatoms. The molecule has 0 bridgehead atoms. The first-order valence-electron chi connectivity index (χ1n) is 5.92. The predicted octanol–water partition coefficient (Wildman–Crippen LogP) is 1.62. The van der Waals surface area contributed by atoms with Crippen molar-refractivity contribution in [2.24, 2.45) is 0 Å². The molecule has 0 unspecified atom stereocenters. The molecule has 98 valence electrons. The minimum absolute atomic E-state index is 0.284. The number of hydrogen-bond donors (Lipinski definition) is 0. The molecule has 20 heavy (non-hydrogen) atoms. The number of ketones is 2. The van der Waals surface area contributed by atoms with E-state index in [0.29, 0.717) is 34.7 Å². The van der Waals surface area contributed by atoms with Crippen LogP contribution in [0.4, 0.5) is 5.69 Å². The van der Waals surface area contributed by atoms with Crippen LogP contribution in [0.15, 0.2) is 24.3 Å². The number of rotatable bonds is 3. The van der Waals surface area contributed by atoms with Crippen molar-refractivity contribution >= 4 is 40.7 Å². The lowest BCUT2D eigenvalue weighted by molar-refractivity contribution is -0.107. The number of hydrogen-bond acceptors (Lipinski definition) is 4. The molecule has 1 amide bonds. The topological polar surface area (TPSA) is 71.5 Å². The molecule has 0 atom stereocenters. The molecule has 0 spiro atoms. The Morgan fingerprint density at radius 1 is 0.900 bits per heavy atom. The molecule has 0 aliphatic heterocycles. The summed E-state index contributed by atoms with van der Waals surface area (Å²) in [5.74, 6) is -1.15. The third-order valence-corrected chi connectivity index (χ3v) is 3.53. The fraction of sp³-hybridized carbons (Fsp3) is 0.0667. The van der Waals surface area contributed by atoms with Gasteiger partial charge in [-0.2, -0.15) is 0 Å². The van der Waals surface area contributed by atoms with Gasteiger partial charge in [0.05, 0.1) is 5.69 Å². The summed E-state index contributed by atoms with van der Waals surface area (Å²) in [6.45, 7) is 0. The number of anilines is 1. The molecule has 5 nitrogen and oxygen atoms in total. The number of benzene rings is 2. The van der Waals surface area contributed by atoms with Crippen LogP contribution in [0, 0.1) is 0 Å². The summed E-state index contributed by atoms with van der Waals surface area (Å²) in [4.78, 5) is 47.3. The van der Waals surface area contributed by atoms with Crippen LogP contribution >= 0.6 is 0 Å². The van der Waals surface area contributed by atoms with Crippen molar-refractivity contribution in [3.05, 3.63) is 41.0 Å². The van der Waals surface area contributed by atoms with Crippen molar-refractivity contribution in [1.82, 2.24) is 0 Å². The Labute approximate surface area is 113 Å². The molecule has 0 saturated heterocycles. The highest BCUT2D eigenvalue weighted by molar-refractivity contribution is 6.57. The maximum Gasteiger partial charge on any atom is 0.234 e. The quantitative estimate of drug-likeness (QED) is 0.626. The van der Waals surface area contributed by atoms with Crippen LogP contribution in [0.1, 0.15) is 31.1 Å². The van der Waals surface area contributed by atoms with Gasteiger partial charge in [-0.1, -0.05) is 6.07 Å². The van der Waals surface area contributed by atoms with Crippen molar-refractivity contribution in [3.8, 4) is 0 Å². The molecule has 0 aromatic heterocycles. The molecule has 0 heterocycles. The number of Topliss-reactive ketones (excluding diaryl/α,β-unsaturated/α-hetero) is 2. The first kappa shape index (κ1) is 12.2. The van der Waals surface area contributed by atoms with Gasteiger partial charge >= 0.3 is 0 Å². The van der Waals surface area contributed by atoms with E-state index >= 15 is 0 Å². The van der Waals surface area contributed by atoms with Gasteiger partial charge in [-0.15, -0.1) is 0 Å². The maximum atomic E-state index is 11.9. The second-order valence-corrected chi connectivity index (χ2v) is 4.58. The largest absolute Gasteiger partial charge is 0.317 e. The Balaban J connectivity index is 2.54. The van der Waals surface area contributed by atoms with Crippen molar-refractivity contribution in [3.63, 3.8) is 0 Å². The second kappa shape index (κ2) is 4.09. The van der Waals surface area contributed by atoms with Crippen molar-refractivity contribution in [2.75, 3.05) is 11.9 Å². The standard InChI is InChI=1S/C15H9NO4/c1-16(7-18)11-5-4-10-13-9(14(19)15(10)20)3-2-8(6-17)12(11)13/h2-7H,1H3. The summed E-state index contributed by atoms with van der Waals surface area (Å²) < 4.78 is 0. The fourth-order valence-corrected chi connectivity index (χ4v) is 2.58. The molecule has 0 N–H and O–H groups in total. The Bertz CT molecular complexity index is 787. The van der Waals surface area contributed by atoms with E-state index in [1.165, 1.54) is 23.1 Å². The number of carbonyl (C=O) groups is 4. The molecule has 1 aliphatic carbocycles. The van der Waals surface area contributed by atoms with E-state index in [-0.39, 0.29) is 11.1 Å². The Hall–Kier alpha value is -2.82. The van der Waals surface area contributed by atoms with E-state index in [2.05, 4.69) is 0 Å². The van der Waals surface area contributed by atoms with Gasteiger partial charge in [0.15, 0.2) is 6.29 Å². The SMILES string of the molecule is CN(C=O)c1ccc2c3c(ccc(C=O)c13)C(=O)C2=O. The van der Waals surface area contributed by atoms with Gasteiger partial charge in [0.25, 0.3) is 0 Å². The van der Waals surface area contributed by atoms with Gasteiger partial charge in [-0.3, -0.25) is 19.2 Å². The molecule has 1 aliphatic rings. The van der Waals surface area contributed by atoms with Crippen LogP contribution in [0.5, 0.6) is 0 Å². The molecule has 0 radical (unpaired) electrons. The van der Waals surface area contributed by atoms with Crippen LogP contribution < -0.4 is 4.90 Å². The molecule has 0 saturated carbocycles. The van der Waals surface area contributed by atoms with Crippen molar-refractivity contribution < 1.29 is 19.2 Å². The summed E-state index contributed by atoms with van der Waals surface area (Å²) in [5, 5.41) is 0.916. The van der Waals surface area contributed by atoms with E-state index in [0.717, 1.165) is 0 Å². The Morgan fingerprint density at radius 3 is 2.05 bits per heavy atom.